The molecular weight excluding hydrogens is 330 g/mol. The van der Waals surface area contributed by atoms with Gasteiger partial charge in [-0.05, 0) is 23.6 Å². The first-order valence-electron chi connectivity index (χ1n) is 9.06. The smallest absolute Gasteiger partial charge is 0.223 e. The van der Waals surface area contributed by atoms with Gasteiger partial charge in [0.1, 0.15) is 6.33 Å². The molecule has 0 aromatic carbocycles. The highest BCUT2D eigenvalue weighted by molar-refractivity contribution is 5.77. The van der Waals surface area contributed by atoms with E-state index in [9.17, 15) is 4.79 Å². The number of fused-ring (bicyclic) bond motifs is 1. The van der Waals surface area contributed by atoms with E-state index in [0.717, 1.165) is 25.2 Å². The van der Waals surface area contributed by atoms with Crippen molar-refractivity contribution in [3.8, 4) is 0 Å². The molecule has 136 valence electrons. The second-order valence-corrected chi connectivity index (χ2v) is 6.85. The minimum absolute atomic E-state index is 0.101. The Morgan fingerprint density at radius 2 is 2.00 bits per heavy atom. The van der Waals surface area contributed by atoms with Crippen LogP contribution in [0.25, 0.3) is 0 Å². The summed E-state index contributed by atoms with van der Waals surface area (Å²) < 4.78 is 5.94. The van der Waals surface area contributed by atoms with Crippen molar-refractivity contribution in [2.45, 2.75) is 31.5 Å². The van der Waals surface area contributed by atoms with Gasteiger partial charge in [-0.25, -0.2) is 9.97 Å². The van der Waals surface area contributed by atoms with Crippen molar-refractivity contribution in [3.63, 3.8) is 0 Å². The maximum atomic E-state index is 12.6. The SMILES string of the molecule is O=C(CCc1cncnc1)N1C[C@@H]2OCCN(Cc3cccnc3)[C@@H]2C1. The summed E-state index contributed by atoms with van der Waals surface area (Å²) in [4.78, 5) is 29.2. The molecule has 0 unspecified atom stereocenters. The lowest BCUT2D eigenvalue weighted by atomic mass is 10.1. The number of aromatic nitrogens is 3. The molecule has 2 fully saturated rings. The van der Waals surface area contributed by atoms with Crippen molar-refractivity contribution < 1.29 is 9.53 Å². The molecule has 0 bridgehead atoms. The summed E-state index contributed by atoms with van der Waals surface area (Å²) in [5.41, 5.74) is 2.19. The molecule has 0 N–H and O–H groups in total. The number of pyridine rings is 1. The third-order valence-corrected chi connectivity index (χ3v) is 5.12. The van der Waals surface area contributed by atoms with Crippen molar-refractivity contribution in [3.05, 3.63) is 54.4 Å². The second kappa shape index (κ2) is 7.88. The number of hydrogen-bond donors (Lipinski definition) is 0. The molecule has 4 rings (SSSR count). The average Bonchev–Trinajstić information content (AvgIpc) is 3.13. The van der Waals surface area contributed by atoms with Crippen molar-refractivity contribution in [1.29, 1.82) is 0 Å². The number of likely N-dealkylation sites (tertiary alicyclic amines) is 1. The van der Waals surface area contributed by atoms with Crippen molar-refractivity contribution >= 4 is 5.91 Å². The molecule has 2 saturated heterocycles. The Balaban J connectivity index is 1.35. The molecule has 1 amide bonds. The molecule has 0 saturated carbocycles. The van der Waals surface area contributed by atoms with Gasteiger partial charge in [0, 0.05) is 57.4 Å². The summed E-state index contributed by atoms with van der Waals surface area (Å²) in [6, 6.07) is 4.32. The topological polar surface area (TPSA) is 71.5 Å². The first-order chi connectivity index (χ1) is 12.8. The Morgan fingerprint density at radius 3 is 2.81 bits per heavy atom. The number of amides is 1. The number of aryl methyl sites for hydroxylation is 1. The minimum atomic E-state index is 0.101. The predicted octanol–water partition coefficient (Wildman–Crippen LogP) is 0.916. The zero-order chi connectivity index (χ0) is 17.8. The lowest BCUT2D eigenvalue weighted by molar-refractivity contribution is -0.130. The first-order valence-corrected chi connectivity index (χ1v) is 9.06. The highest BCUT2D eigenvalue weighted by Gasteiger charge is 2.41. The average molecular weight is 353 g/mol. The molecule has 2 atom stereocenters. The van der Waals surface area contributed by atoms with Gasteiger partial charge >= 0.3 is 0 Å². The normalized spacial score (nSPS) is 23.0. The van der Waals surface area contributed by atoms with Gasteiger partial charge in [-0.3, -0.25) is 14.7 Å². The number of nitrogens with zero attached hydrogens (tertiary/aromatic N) is 5. The van der Waals surface area contributed by atoms with Gasteiger partial charge in [0.2, 0.25) is 5.91 Å². The molecule has 0 spiro atoms. The van der Waals surface area contributed by atoms with Gasteiger partial charge in [-0.1, -0.05) is 6.07 Å². The van der Waals surface area contributed by atoms with E-state index in [4.69, 9.17) is 4.74 Å². The van der Waals surface area contributed by atoms with Gasteiger partial charge in [0.15, 0.2) is 0 Å². The monoisotopic (exact) mass is 353 g/mol. The molecule has 2 aromatic rings. The summed E-state index contributed by atoms with van der Waals surface area (Å²) in [6.07, 6.45) is 9.99. The van der Waals surface area contributed by atoms with Crippen LogP contribution in [0.2, 0.25) is 0 Å². The summed E-state index contributed by atoms with van der Waals surface area (Å²) in [6.45, 7) is 3.86. The number of ether oxygens (including phenoxy) is 1. The van der Waals surface area contributed by atoms with Crippen molar-refractivity contribution in [2.24, 2.45) is 0 Å². The molecule has 0 radical (unpaired) electrons. The molecule has 26 heavy (non-hydrogen) atoms. The van der Waals surface area contributed by atoms with Crippen LogP contribution in [0.15, 0.2) is 43.2 Å². The predicted molar refractivity (Wildman–Crippen MR) is 95.1 cm³/mol. The van der Waals surface area contributed by atoms with Crippen LogP contribution in [0.1, 0.15) is 17.5 Å². The van der Waals surface area contributed by atoms with E-state index in [-0.39, 0.29) is 18.1 Å². The van der Waals surface area contributed by atoms with Crippen LogP contribution in [0, 0.1) is 0 Å². The molecule has 0 aliphatic carbocycles. The van der Waals surface area contributed by atoms with Crippen LogP contribution in [-0.4, -0.2) is 69.0 Å². The van der Waals surface area contributed by atoms with E-state index < -0.39 is 0 Å². The standard InChI is InChI=1S/C19H23N5O2/c25-19(4-3-15-8-21-14-22-9-15)24-12-17-18(13-24)26-7-6-23(17)11-16-2-1-5-20-10-16/h1-2,5,8-10,14,17-18H,3-4,6-7,11-13H2/t17-,18+/m1/s1. The van der Waals surface area contributed by atoms with Crippen LogP contribution in [0.5, 0.6) is 0 Å². The molecule has 2 aliphatic rings. The van der Waals surface area contributed by atoms with Crippen molar-refractivity contribution in [1.82, 2.24) is 24.8 Å². The van der Waals surface area contributed by atoms with Gasteiger partial charge in [-0.2, -0.15) is 0 Å². The summed E-state index contributed by atoms with van der Waals surface area (Å²) in [7, 11) is 0. The van der Waals surface area contributed by atoms with Crippen LogP contribution in [0.4, 0.5) is 0 Å². The summed E-state index contributed by atoms with van der Waals surface area (Å²) in [5.74, 6) is 0.174. The van der Waals surface area contributed by atoms with Gasteiger partial charge in [-0.15, -0.1) is 0 Å². The number of carbonyl (C=O) groups is 1. The van der Waals surface area contributed by atoms with E-state index >= 15 is 0 Å². The molecule has 2 aliphatic heterocycles. The lowest BCUT2D eigenvalue weighted by Gasteiger charge is -2.36. The summed E-state index contributed by atoms with van der Waals surface area (Å²) >= 11 is 0. The quantitative estimate of drug-likeness (QED) is 0.796. The Labute approximate surface area is 153 Å². The van der Waals surface area contributed by atoms with E-state index in [2.05, 4.69) is 25.9 Å². The maximum Gasteiger partial charge on any atom is 0.223 e. The highest BCUT2D eigenvalue weighted by Crippen LogP contribution is 2.25. The minimum Gasteiger partial charge on any atom is -0.373 e. The Hall–Kier alpha value is -2.38. The number of morpholine rings is 1. The molecule has 2 aromatic heterocycles. The van der Waals surface area contributed by atoms with Gasteiger partial charge in [0.05, 0.1) is 18.8 Å². The lowest BCUT2D eigenvalue weighted by Crippen LogP contribution is -2.50. The number of carbonyl (C=O) groups excluding carboxylic acids is 1. The molecule has 4 heterocycles. The fourth-order valence-corrected chi connectivity index (χ4v) is 3.75. The highest BCUT2D eigenvalue weighted by atomic mass is 16.5. The zero-order valence-corrected chi connectivity index (χ0v) is 14.7. The van der Waals surface area contributed by atoms with Crippen molar-refractivity contribution in [2.75, 3.05) is 26.2 Å². The van der Waals surface area contributed by atoms with Gasteiger partial charge in [0.25, 0.3) is 0 Å². The number of hydrogen-bond acceptors (Lipinski definition) is 6. The Morgan fingerprint density at radius 1 is 1.15 bits per heavy atom. The van der Waals surface area contributed by atoms with Crippen LogP contribution >= 0.6 is 0 Å². The molecular formula is C19H23N5O2. The third-order valence-electron chi connectivity index (χ3n) is 5.12. The maximum absolute atomic E-state index is 12.6. The first kappa shape index (κ1) is 17.1. The largest absolute Gasteiger partial charge is 0.373 e. The molecule has 7 nitrogen and oxygen atoms in total. The van der Waals surface area contributed by atoms with E-state index in [1.54, 1.807) is 18.6 Å². The van der Waals surface area contributed by atoms with E-state index in [1.165, 1.54) is 11.9 Å². The Bertz CT molecular complexity index is 727. The fourth-order valence-electron chi connectivity index (χ4n) is 3.75. The zero-order valence-electron chi connectivity index (χ0n) is 14.7. The molecule has 7 heteroatoms. The van der Waals surface area contributed by atoms with E-state index in [1.807, 2.05) is 17.2 Å². The second-order valence-electron chi connectivity index (χ2n) is 6.85. The number of rotatable bonds is 5. The van der Waals surface area contributed by atoms with Crippen LogP contribution in [0.3, 0.4) is 0 Å². The third kappa shape index (κ3) is 3.89. The fraction of sp³-hybridized carbons (Fsp3) is 0.474. The van der Waals surface area contributed by atoms with Crippen LogP contribution in [-0.2, 0) is 22.5 Å². The van der Waals surface area contributed by atoms with E-state index in [0.29, 0.717) is 26.0 Å². The Kier molecular flexibility index (Phi) is 5.17. The summed E-state index contributed by atoms with van der Waals surface area (Å²) in [5, 5.41) is 0. The van der Waals surface area contributed by atoms with Gasteiger partial charge < -0.3 is 9.64 Å². The van der Waals surface area contributed by atoms with Crippen LogP contribution < -0.4 is 0 Å².